The number of β-amino-alcohol motifs (C(OH)–C–C–N with tert-alkyl or cyclic N) is 1. The Balaban J connectivity index is 2.64. The second kappa shape index (κ2) is 3.00. The van der Waals surface area contributed by atoms with Crippen LogP contribution in [0.15, 0.2) is 0 Å². The molecule has 0 aromatic rings. The van der Waals surface area contributed by atoms with Gasteiger partial charge in [0, 0.05) is 12.3 Å². The van der Waals surface area contributed by atoms with E-state index in [9.17, 15) is 9.59 Å². The summed E-state index contributed by atoms with van der Waals surface area (Å²) in [6.45, 7) is 1.71. The molecule has 0 saturated carbocycles. The van der Waals surface area contributed by atoms with E-state index in [1.165, 1.54) is 0 Å². The molecule has 0 bridgehead atoms. The van der Waals surface area contributed by atoms with Gasteiger partial charge >= 0.3 is 0 Å². The van der Waals surface area contributed by atoms with Crippen LogP contribution in [-0.4, -0.2) is 35.0 Å². The van der Waals surface area contributed by atoms with E-state index in [1.54, 1.807) is 6.92 Å². The summed E-state index contributed by atoms with van der Waals surface area (Å²) in [6, 6.07) is 0. The first-order chi connectivity index (χ1) is 5.16. The van der Waals surface area contributed by atoms with Crippen LogP contribution in [0.1, 0.15) is 13.3 Å². The monoisotopic (exact) mass is 157 g/mol. The molecule has 11 heavy (non-hydrogen) atoms. The van der Waals surface area contributed by atoms with Crippen LogP contribution in [0.5, 0.6) is 0 Å². The smallest absolute Gasteiger partial charge is 0.232 e. The number of hydrogen-bond donors (Lipinski definition) is 1. The summed E-state index contributed by atoms with van der Waals surface area (Å²) in [5.41, 5.74) is 0. The number of likely N-dealkylation sites (tertiary alicyclic amines) is 1. The molecule has 1 atom stereocenters. The Labute approximate surface area is 64.8 Å². The molecule has 1 aliphatic rings. The van der Waals surface area contributed by atoms with Gasteiger partial charge in [-0.2, -0.15) is 0 Å². The second-order valence-electron chi connectivity index (χ2n) is 2.71. The normalized spacial score (nSPS) is 24.9. The minimum absolute atomic E-state index is 0.141. The van der Waals surface area contributed by atoms with Crippen molar-refractivity contribution >= 4 is 11.8 Å². The molecular weight excluding hydrogens is 146 g/mol. The zero-order valence-electron chi connectivity index (χ0n) is 6.41. The number of hydrogen-bond acceptors (Lipinski definition) is 3. The van der Waals surface area contributed by atoms with E-state index < -0.39 is 0 Å². The third kappa shape index (κ3) is 1.40. The standard InChI is InChI=1S/C7H11NO3/c1-5-4-6(10)8(2-3-9)7(5)11/h5,9H,2-4H2,1H3/t5-/m1/s1. The highest BCUT2D eigenvalue weighted by atomic mass is 16.3. The molecule has 0 aromatic carbocycles. The van der Waals surface area contributed by atoms with E-state index in [0.29, 0.717) is 6.42 Å². The number of carbonyl (C=O) groups excluding carboxylic acids is 2. The van der Waals surface area contributed by atoms with Gasteiger partial charge in [0.2, 0.25) is 11.8 Å². The lowest BCUT2D eigenvalue weighted by atomic mass is 10.1. The van der Waals surface area contributed by atoms with Crippen LogP contribution in [0, 0.1) is 5.92 Å². The van der Waals surface area contributed by atoms with Crippen molar-refractivity contribution in [3.8, 4) is 0 Å². The fourth-order valence-corrected chi connectivity index (χ4v) is 1.18. The van der Waals surface area contributed by atoms with Crippen molar-refractivity contribution in [2.24, 2.45) is 5.92 Å². The summed E-state index contributed by atoms with van der Waals surface area (Å²) in [7, 11) is 0. The van der Waals surface area contributed by atoms with E-state index in [2.05, 4.69) is 0 Å². The van der Waals surface area contributed by atoms with Crippen molar-refractivity contribution in [1.29, 1.82) is 0 Å². The van der Waals surface area contributed by atoms with Crippen LogP contribution in [0.25, 0.3) is 0 Å². The number of rotatable bonds is 2. The molecule has 1 rings (SSSR count). The van der Waals surface area contributed by atoms with Gasteiger partial charge in [0.15, 0.2) is 0 Å². The Morgan fingerprint density at radius 1 is 1.64 bits per heavy atom. The Hall–Kier alpha value is -0.900. The maximum atomic E-state index is 11.1. The summed E-state index contributed by atoms with van der Waals surface area (Å²) in [6.07, 6.45) is 0.291. The van der Waals surface area contributed by atoms with Crippen molar-refractivity contribution in [3.63, 3.8) is 0 Å². The predicted octanol–water partition coefficient (Wildman–Crippen LogP) is -0.626. The van der Waals surface area contributed by atoms with Crippen LogP contribution in [0.3, 0.4) is 0 Å². The fourth-order valence-electron chi connectivity index (χ4n) is 1.18. The van der Waals surface area contributed by atoms with E-state index in [0.717, 1.165) is 4.90 Å². The van der Waals surface area contributed by atoms with Crippen molar-refractivity contribution in [3.05, 3.63) is 0 Å². The lowest BCUT2D eigenvalue weighted by Gasteiger charge is -2.11. The molecule has 4 heteroatoms. The fraction of sp³-hybridized carbons (Fsp3) is 0.714. The van der Waals surface area contributed by atoms with Crippen LogP contribution >= 0.6 is 0 Å². The molecule has 0 aliphatic carbocycles. The summed E-state index contributed by atoms with van der Waals surface area (Å²) in [5, 5.41) is 8.50. The van der Waals surface area contributed by atoms with E-state index in [1.807, 2.05) is 0 Å². The number of imide groups is 1. The van der Waals surface area contributed by atoms with Gasteiger partial charge < -0.3 is 5.11 Å². The molecule has 1 saturated heterocycles. The van der Waals surface area contributed by atoms with Crippen molar-refractivity contribution in [1.82, 2.24) is 4.90 Å². The van der Waals surface area contributed by atoms with Crippen LogP contribution in [0.2, 0.25) is 0 Å². The number of aliphatic hydroxyl groups excluding tert-OH is 1. The molecular formula is C7H11NO3. The summed E-state index contributed by atoms with van der Waals surface area (Å²) < 4.78 is 0. The maximum absolute atomic E-state index is 11.1. The Kier molecular flexibility index (Phi) is 2.24. The van der Waals surface area contributed by atoms with E-state index in [4.69, 9.17) is 5.11 Å². The molecule has 0 radical (unpaired) electrons. The van der Waals surface area contributed by atoms with E-state index >= 15 is 0 Å². The molecule has 0 spiro atoms. The van der Waals surface area contributed by atoms with Gasteiger partial charge in [0.05, 0.1) is 13.2 Å². The summed E-state index contributed by atoms with van der Waals surface area (Å²) in [5.74, 6) is -0.533. The molecule has 62 valence electrons. The van der Waals surface area contributed by atoms with Gasteiger partial charge in [-0.25, -0.2) is 0 Å². The third-order valence-corrected chi connectivity index (χ3v) is 1.79. The zero-order chi connectivity index (χ0) is 8.43. The minimum atomic E-state index is -0.200. The Bertz CT molecular complexity index is 190. The Morgan fingerprint density at radius 3 is 2.64 bits per heavy atom. The summed E-state index contributed by atoms with van der Waals surface area (Å²) in [4.78, 5) is 23.2. The molecule has 4 nitrogen and oxygen atoms in total. The van der Waals surface area contributed by atoms with Gasteiger partial charge in [-0.05, 0) is 0 Å². The van der Waals surface area contributed by atoms with Crippen LogP contribution in [0.4, 0.5) is 0 Å². The van der Waals surface area contributed by atoms with Gasteiger partial charge in [-0.3, -0.25) is 14.5 Å². The number of aliphatic hydroxyl groups is 1. The lowest BCUT2D eigenvalue weighted by molar-refractivity contribution is -0.139. The number of amides is 2. The van der Waals surface area contributed by atoms with Crippen molar-refractivity contribution in [2.45, 2.75) is 13.3 Å². The van der Waals surface area contributed by atoms with Crippen molar-refractivity contribution in [2.75, 3.05) is 13.2 Å². The SMILES string of the molecule is C[C@@H]1CC(=O)N(CCO)C1=O. The minimum Gasteiger partial charge on any atom is -0.395 e. The third-order valence-electron chi connectivity index (χ3n) is 1.79. The number of carbonyl (C=O) groups is 2. The highest BCUT2D eigenvalue weighted by Crippen LogP contribution is 2.17. The first kappa shape index (κ1) is 8.20. The van der Waals surface area contributed by atoms with Gasteiger partial charge in [-0.1, -0.05) is 6.92 Å². The quantitative estimate of drug-likeness (QED) is 0.543. The highest BCUT2D eigenvalue weighted by Gasteiger charge is 2.34. The van der Waals surface area contributed by atoms with Gasteiger partial charge in [-0.15, -0.1) is 0 Å². The first-order valence-electron chi connectivity index (χ1n) is 3.62. The molecule has 0 unspecified atom stereocenters. The number of nitrogens with zero attached hydrogens (tertiary/aromatic N) is 1. The van der Waals surface area contributed by atoms with Crippen molar-refractivity contribution < 1.29 is 14.7 Å². The molecule has 1 aliphatic heterocycles. The molecule has 1 heterocycles. The average Bonchev–Trinajstić information content (AvgIpc) is 2.17. The zero-order valence-corrected chi connectivity index (χ0v) is 6.41. The van der Waals surface area contributed by atoms with Crippen LogP contribution in [-0.2, 0) is 9.59 Å². The Morgan fingerprint density at radius 2 is 2.27 bits per heavy atom. The largest absolute Gasteiger partial charge is 0.395 e. The topological polar surface area (TPSA) is 57.6 Å². The first-order valence-corrected chi connectivity index (χ1v) is 3.62. The maximum Gasteiger partial charge on any atom is 0.232 e. The summed E-state index contributed by atoms with van der Waals surface area (Å²) >= 11 is 0. The lowest BCUT2D eigenvalue weighted by Crippen LogP contribution is -2.32. The molecule has 2 amide bonds. The molecule has 1 N–H and O–H groups in total. The van der Waals surface area contributed by atoms with Gasteiger partial charge in [0.25, 0.3) is 0 Å². The highest BCUT2D eigenvalue weighted by molar-refractivity contribution is 6.03. The van der Waals surface area contributed by atoms with Gasteiger partial charge in [0.1, 0.15) is 0 Å². The van der Waals surface area contributed by atoms with Crippen LogP contribution < -0.4 is 0 Å². The average molecular weight is 157 g/mol. The van der Waals surface area contributed by atoms with E-state index in [-0.39, 0.29) is 30.9 Å². The molecule has 0 aromatic heterocycles. The predicted molar refractivity (Wildman–Crippen MR) is 37.6 cm³/mol. The molecule has 1 fully saturated rings. The second-order valence-corrected chi connectivity index (χ2v) is 2.71.